The van der Waals surface area contributed by atoms with Crippen LogP contribution in [0.3, 0.4) is 0 Å². The Bertz CT molecular complexity index is 985. The zero-order chi connectivity index (χ0) is 26.7. The third-order valence-electron chi connectivity index (χ3n) is 11.6. The van der Waals surface area contributed by atoms with Crippen molar-refractivity contribution in [3.05, 3.63) is 35.6 Å². The highest BCUT2D eigenvalue weighted by molar-refractivity contribution is 6.90. The molecule has 0 spiro atoms. The molecule has 4 aliphatic rings. The zero-order valence-corrected chi connectivity index (χ0v) is 25.6. The van der Waals surface area contributed by atoms with E-state index in [0.29, 0.717) is 34.4 Å². The Hall–Kier alpha value is -1.24. The van der Waals surface area contributed by atoms with E-state index in [1.807, 2.05) is 0 Å². The molecule has 0 amide bonds. The van der Waals surface area contributed by atoms with Crippen LogP contribution in [0.2, 0.25) is 16.6 Å². The van der Waals surface area contributed by atoms with E-state index in [1.54, 1.807) is 0 Å². The van der Waals surface area contributed by atoms with Crippen molar-refractivity contribution in [2.75, 3.05) is 6.61 Å². The summed E-state index contributed by atoms with van der Waals surface area (Å²) < 4.78 is 5.91. The van der Waals surface area contributed by atoms with E-state index in [2.05, 4.69) is 92.5 Å². The summed E-state index contributed by atoms with van der Waals surface area (Å²) in [5, 5.41) is 12.4. The first-order valence-corrected chi connectivity index (χ1v) is 17.0. The molecule has 4 aliphatic carbocycles. The Morgan fingerprint density at radius 2 is 1.72 bits per heavy atom. The highest BCUT2D eigenvalue weighted by atomic mass is 28.3. The lowest BCUT2D eigenvalue weighted by molar-refractivity contribution is -0.0855. The van der Waals surface area contributed by atoms with Crippen LogP contribution in [0.25, 0.3) is 0 Å². The van der Waals surface area contributed by atoms with Crippen LogP contribution >= 0.6 is 0 Å². The Morgan fingerprint density at radius 3 is 2.31 bits per heavy atom. The van der Waals surface area contributed by atoms with Crippen LogP contribution in [0, 0.1) is 40.0 Å². The first-order chi connectivity index (χ1) is 16.8. The van der Waals surface area contributed by atoms with E-state index in [-0.39, 0.29) is 10.8 Å². The molecule has 200 valence electrons. The van der Waals surface area contributed by atoms with Crippen LogP contribution in [0.15, 0.2) is 35.6 Å². The molecule has 0 heterocycles. The average Bonchev–Trinajstić information content (AvgIpc) is 3.00. The van der Waals surface area contributed by atoms with Crippen molar-refractivity contribution in [1.82, 2.24) is 0 Å². The van der Waals surface area contributed by atoms with Gasteiger partial charge in [-0.2, -0.15) is 0 Å². The molecule has 0 aromatic rings. The lowest BCUT2D eigenvalue weighted by Gasteiger charge is -2.57. The van der Waals surface area contributed by atoms with Crippen molar-refractivity contribution in [2.24, 2.45) is 28.6 Å². The molecular formula is C33H52O2Si. The van der Waals surface area contributed by atoms with E-state index in [9.17, 15) is 5.11 Å². The van der Waals surface area contributed by atoms with Crippen molar-refractivity contribution in [1.29, 1.82) is 0 Å². The van der Waals surface area contributed by atoms with Gasteiger partial charge in [-0.1, -0.05) is 74.0 Å². The van der Waals surface area contributed by atoms with Gasteiger partial charge in [0.05, 0.1) is 12.4 Å². The van der Waals surface area contributed by atoms with Gasteiger partial charge in [0.15, 0.2) is 5.60 Å². The lowest BCUT2D eigenvalue weighted by Crippen LogP contribution is -2.54. The molecule has 6 atom stereocenters. The minimum Gasteiger partial charge on any atom is -0.498 e. The summed E-state index contributed by atoms with van der Waals surface area (Å²) in [5.74, 6) is 6.50. The molecule has 2 fully saturated rings. The predicted octanol–water partition coefficient (Wildman–Crippen LogP) is 8.60. The van der Waals surface area contributed by atoms with Crippen LogP contribution < -0.4 is 0 Å². The topological polar surface area (TPSA) is 29.5 Å². The SMILES string of the molecule is C=C1C[C@H]2[C@@H]3CC=C4C=C(OCC)CC[C@]4(C)[C@H]3CC[C@]2(C)[C@]1(O)C#C[Si](C(C)C)(C(C)C)C(C)C. The minimum absolute atomic E-state index is 0.216. The summed E-state index contributed by atoms with van der Waals surface area (Å²) in [7, 11) is -1.93. The Labute approximate surface area is 223 Å². The molecule has 3 heteroatoms. The van der Waals surface area contributed by atoms with Gasteiger partial charge in [0.1, 0.15) is 8.07 Å². The highest BCUT2D eigenvalue weighted by Crippen LogP contribution is 2.67. The molecule has 0 bridgehead atoms. The summed E-state index contributed by atoms with van der Waals surface area (Å²) in [6.45, 7) is 26.3. The molecule has 0 radical (unpaired) electrons. The van der Waals surface area contributed by atoms with Gasteiger partial charge in [0.25, 0.3) is 0 Å². The molecule has 0 aliphatic heterocycles. The summed E-state index contributed by atoms with van der Waals surface area (Å²) in [5.41, 5.74) is 6.97. The highest BCUT2D eigenvalue weighted by Gasteiger charge is 2.65. The standard InChI is InChI=1S/C33H52O2Si/c1-11-35-27-14-16-31(9)26(21-27)12-13-28-29(31)15-17-32(10)30(28)20-25(8)33(32,34)18-19-36(22(2)3,23(4)5)24(6)7/h12,21-24,28-30,34H,8,11,13-17,20H2,1-7,9-10H3/t28-,29+,30+,31+,32+,33+/m1/s1. The fraction of sp³-hybridized carbons (Fsp3) is 0.758. The second-order valence-electron chi connectivity index (χ2n) is 13.9. The third-order valence-corrected chi connectivity index (χ3v) is 17.9. The quantitative estimate of drug-likeness (QED) is 0.229. The molecule has 4 rings (SSSR count). The fourth-order valence-electron chi connectivity index (χ4n) is 9.42. The number of aliphatic hydroxyl groups is 1. The Balaban J connectivity index is 1.71. The summed E-state index contributed by atoms with van der Waals surface area (Å²) in [6, 6.07) is 0. The average molecular weight is 509 g/mol. The van der Waals surface area contributed by atoms with Crippen LogP contribution in [-0.4, -0.2) is 25.4 Å². The molecule has 0 aromatic carbocycles. The number of hydrogen-bond acceptors (Lipinski definition) is 2. The first-order valence-electron chi connectivity index (χ1n) is 14.8. The van der Waals surface area contributed by atoms with E-state index in [1.165, 1.54) is 18.4 Å². The number of ether oxygens (including phenoxy) is 1. The maximum absolute atomic E-state index is 12.4. The molecule has 0 aromatic heterocycles. The molecule has 2 saturated carbocycles. The predicted molar refractivity (Wildman–Crippen MR) is 155 cm³/mol. The summed E-state index contributed by atoms with van der Waals surface area (Å²) in [4.78, 5) is 0. The minimum atomic E-state index is -1.93. The number of hydrogen-bond donors (Lipinski definition) is 1. The van der Waals surface area contributed by atoms with Gasteiger partial charge in [-0.3, -0.25) is 0 Å². The maximum atomic E-state index is 12.4. The normalized spacial score (nSPS) is 38.1. The Morgan fingerprint density at radius 1 is 1.08 bits per heavy atom. The van der Waals surface area contributed by atoms with Gasteiger partial charge < -0.3 is 9.84 Å². The second kappa shape index (κ2) is 9.50. The zero-order valence-electron chi connectivity index (χ0n) is 24.6. The van der Waals surface area contributed by atoms with Crippen molar-refractivity contribution in [3.8, 4) is 11.5 Å². The summed E-state index contributed by atoms with van der Waals surface area (Å²) >= 11 is 0. The van der Waals surface area contributed by atoms with E-state index in [0.717, 1.165) is 43.6 Å². The van der Waals surface area contributed by atoms with Crippen molar-refractivity contribution in [3.63, 3.8) is 0 Å². The molecule has 2 nitrogen and oxygen atoms in total. The van der Waals surface area contributed by atoms with Gasteiger partial charge in [0.2, 0.25) is 0 Å². The van der Waals surface area contributed by atoms with Crippen LogP contribution in [0.1, 0.15) is 101 Å². The molecule has 36 heavy (non-hydrogen) atoms. The van der Waals surface area contributed by atoms with Gasteiger partial charge in [-0.25, -0.2) is 0 Å². The molecule has 0 saturated heterocycles. The van der Waals surface area contributed by atoms with E-state index < -0.39 is 13.7 Å². The van der Waals surface area contributed by atoms with E-state index >= 15 is 0 Å². The lowest BCUT2D eigenvalue weighted by atomic mass is 9.47. The number of fused-ring (bicyclic) bond motifs is 5. The monoisotopic (exact) mass is 508 g/mol. The summed E-state index contributed by atoms with van der Waals surface area (Å²) in [6.07, 6.45) is 11.3. The molecule has 0 unspecified atom stereocenters. The first kappa shape index (κ1) is 27.8. The molecule has 1 N–H and O–H groups in total. The van der Waals surface area contributed by atoms with Crippen LogP contribution in [0.5, 0.6) is 0 Å². The van der Waals surface area contributed by atoms with Crippen LogP contribution in [0.4, 0.5) is 0 Å². The van der Waals surface area contributed by atoms with Crippen molar-refractivity contribution >= 4 is 8.07 Å². The molecular weight excluding hydrogens is 456 g/mol. The Kier molecular flexibility index (Phi) is 7.33. The van der Waals surface area contributed by atoms with Gasteiger partial charge in [-0.05, 0) is 96.0 Å². The van der Waals surface area contributed by atoms with Crippen molar-refractivity contribution < 1.29 is 9.84 Å². The maximum Gasteiger partial charge on any atom is 0.151 e. The fourth-order valence-corrected chi connectivity index (χ4v) is 14.7. The largest absolute Gasteiger partial charge is 0.498 e. The van der Waals surface area contributed by atoms with Crippen LogP contribution in [-0.2, 0) is 4.74 Å². The number of rotatable bonds is 5. The van der Waals surface area contributed by atoms with Gasteiger partial charge in [-0.15, -0.1) is 5.54 Å². The second-order valence-corrected chi connectivity index (χ2v) is 19.4. The smallest absolute Gasteiger partial charge is 0.151 e. The third kappa shape index (κ3) is 3.84. The van der Waals surface area contributed by atoms with E-state index in [4.69, 9.17) is 4.74 Å². The van der Waals surface area contributed by atoms with Crippen molar-refractivity contribution in [2.45, 2.75) is 123 Å². The number of allylic oxidation sites excluding steroid dienone is 4. The van der Waals surface area contributed by atoms with Gasteiger partial charge in [0, 0.05) is 11.8 Å². The van der Waals surface area contributed by atoms with Gasteiger partial charge >= 0.3 is 0 Å².